The second kappa shape index (κ2) is 7.16. The van der Waals surface area contributed by atoms with E-state index in [1.54, 1.807) is 18.2 Å². The molecule has 0 saturated carbocycles. The Morgan fingerprint density at radius 3 is 2.20 bits per heavy atom. The zero-order valence-corrected chi connectivity index (χ0v) is 14.6. The van der Waals surface area contributed by atoms with E-state index in [9.17, 15) is 22.0 Å². The molecule has 1 unspecified atom stereocenters. The van der Waals surface area contributed by atoms with E-state index in [4.69, 9.17) is 9.47 Å². The van der Waals surface area contributed by atoms with Crippen molar-refractivity contribution in [2.45, 2.75) is 25.4 Å². The molecule has 0 amide bonds. The molecular formula is C17H16F5O2P. The van der Waals surface area contributed by atoms with Crippen LogP contribution in [0.2, 0.25) is 0 Å². The molecule has 2 aromatic carbocycles. The summed E-state index contributed by atoms with van der Waals surface area (Å²) in [5.41, 5.74) is -4.68. The Hall–Kier alpha value is -1.88. The number of alkyl halides is 5. The fourth-order valence-corrected chi connectivity index (χ4v) is 2.40. The monoisotopic (exact) mass is 378 g/mol. The fourth-order valence-electron chi connectivity index (χ4n) is 2.22. The normalized spacial score (nSPS) is 12.2. The number of hydrogen-bond acceptors (Lipinski definition) is 2. The van der Waals surface area contributed by atoms with E-state index in [2.05, 4.69) is 0 Å². The summed E-state index contributed by atoms with van der Waals surface area (Å²) in [6.45, 7) is 1.40. The van der Waals surface area contributed by atoms with Gasteiger partial charge in [0.05, 0.1) is 12.7 Å². The molecule has 0 aromatic heterocycles. The van der Waals surface area contributed by atoms with Crippen LogP contribution in [0.3, 0.4) is 0 Å². The highest BCUT2D eigenvalue weighted by atomic mass is 31.0. The number of halogens is 5. The van der Waals surface area contributed by atoms with E-state index in [0.29, 0.717) is 11.8 Å². The van der Waals surface area contributed by atoms with Crippen LogP contribution in [0.25, 0.3) is 0 Å². The number of aryl methyl sites for hydroxylation is 1. The SMILES string of the molecule is COc1cc(C)ccc1OCc1ccc(C(F)(F)P)cc1C(F)(F)F. The van der Waals surface area contributed by atoms with Crippen LogP contribution in [0.1, 0.15) is 22.3 Å². The third kappa shape index (κ3) is 4.82. The first-order chi connectivity index (χ1) is 11.5. The van der Waals surface area contributed by atoms with E-state index in [-0.39, 0.29) is 11.3 Å². The maximum absolute atomic E-state index is 13.3. The predicted octanol–water partition coefficient (Wildman–Crippen LogP) is 5.53. The van der Waals surface area contributed by atoms with Gasteiger partial charge >= 0.3 is 6.18 Å². The maximum atomic E-state index is 13.3. The molecule has 25 heavy (non-hydrogen) atoms. The summed E-state index contributed by atoms with van der Waals surface area (Å²) in [6, 6.07) is 7.37. The lowest BCUT2D eigenvalue weighted by Crippen LogP contribution is -2.14. The first-order valence-corrected chi connectivity index (χ1v) is 7.75. The van der Waals surface area contributed by atoms with Gasteiger partial charge in [-0.25, -0.2) is 0 Å². The summed E-state index contributed by atoms with van der Waals surface area (Å²) in [7, 11) is 2.64. The van der Waals surface area contributed by atoms with Gasteiger partial charge in [0.15, 0.2) is 11.5 Å². The Morgan fingerprint density at radius 2 is 1.64 bits per heavy atom. The molecule has 0 saturated heterocycles. The lowest BCUT2D eigenvalue weighted by molar-refractivity contribution is -0.138. The van der Waals surface area contributed by atoms with Gasteiger partial charge in [0.2, 0.25) is 0 Å². The number of methoxy groups -OCH3 is 1. The molecule has 1 atom stereocenters. The van der Waals surface area contributed by atoms with Gasteiger partial charge in [-0.05, 0) is 30.7 Å². The first kappa shape index (κ1) is 19.4. The Labute approximate surface area is 144 Å². The summed E-state index contributed by atoms with van der Waals surface area (Å²) in [5.74, 6) is 0.642. The highest BCUT2D eigenvalue weighted by molar-refractivity contribution is 7.17. The second-order valence-corrected chi connectivity index (χ2v) is 6.16. The van der Waals surface area contributed by atoms with Crippen LogP contribution in [0.4, 0.5) is 22.0 Å². The molecule has 2 aromatic rings. The van der Waals surface area contributed by atoms with E-state index in [0.717, 1.165) is 17.7 Å². The topological polar surface area (TPSA) is 18.5 Å². The standard InChI is InChI=1S/C17H16F5O2P/c1-10-3-6-14(15(7-10)23-2)24-9-11-4-5-12(17(21,22)25)8-13(11)16(18,19)20/h3-8H,9,25H2,1-2H3. The summed E-state index contributed by atoms with van der Waals surface area (Å²) in [5, 5.41) is 0. The predicted molar refractivity (Wildman–Crippen MR) is 87.1 cm³/mol. The lowest BCUT2D eigenvalue weighted by Gasteiger charge is -2.18. The fraction of sp³-hybridized carbons (Fsp3) is 0.294. The van der Waals surface area contributed by atoms with E-state index in [1.807, 2.05) is 6.92 Å². The van der Waals surface area contributed by atoms with Crippen LogP contribution in [-0.2, 0) is 18.4 Å². The number of benzene rings is 2. The Morgan fingerprint density at radius 1 is 0.960 bits per heavy atom. The lowest BCUT2D eigenvalue weighted by atomic mass is 10.0. The molecule has 0 N–H and O–H groups in total. The van der Waals surface area contributed by atoms with Gasteiger partial charge in [0.1, 0.15) is 6.61 Å². The highest BCUT2D eigenvalue weighted by Gasteiger charge is 2.36. The van der Waals surface area contributed by atoms with Gasteiger partial charge in [-0.1, -0.05) is 27.4 Å². The maximum Gasteiger partial charge on any atom is 0.416 e. The molecule has 0 bridgehead atoms. The van der Waals surface area contributed by atoms with Gasteiger partial charge in [0, 0.05) is 11.1 Å². The van der Waals surface area contributed by atoms with Crippen LogP contribution in [0.15, 0.2) is 36.4 Å². The molecule has 0 radical (unpaired) electrons. The first-order valence-electron chi connectivity index (χ1n) is 7.17. The van der Waals surface area contributed by atoms with Crippen LogP contribution < -0.4 is 9.47 Å². The summed E-state index contributed by atoms with van der Waals surface area (Å²) in [6.07, 6.45) is -4.78. The molecule has 0 aliphatic heterocycles. The van der Waals surface area contributed by atoms with Gasteiger partial charge in [-0.15, -0.1) is 0 Å². The quantitative estimate of drug-likeness (QED) is 0.503. The van der Waals surface area contributed by atoms with Gasteiger partial charge in [-0.3, -0.25) is 0 Å². The molecule has 2 rings (SSSR count). The molecule has 8 heteroatoms. The minimum Gasteiger partial charge on any atom is -0.493 e. The van der Waals surface area contributed by atoms with E-state index in [1.165, 1.54) is 16.3 Å². The zero-order chi connectivity index (χ0) is 18.8. The average molecular weight is 378 g/mol. The minimum atomic E-state index is -4.78. The second-order valence-electron chi connectivity index (χ2n) is 5.44. The van der Waals surface area contributed by atoms with Crippen molar-refractivity contribution in [3.63, 3.8) is 0 Å². The van der Waals surface area contributed by atoms with Crippen molar-refractivity contribution in [1.82, 2.24) is 0 Å². The third-order valence-corrected chi connectivity index (χ3v) is 3.84. The van der Waals surface area contributed by atoms with Crippen molar-refractivity contribution in [3.05, 3.63) is 58.7 Å². The van der Waals surface area contributed by atoms with Crippen molar-refractivity contribution < 1.29 is 31.4 Å². The summed E-state index contributed by atoms with van der Waals surface area (Å²) in [4.78, 5) is 0. The molecule has 0 spiro atoms. The molecule has 136 valence electrons. The molecule has 0 heterocycles. The largest absolute Gasteiger partial charge is 0.493 e. The van der Waals surface area contributed by atoms with Crippen molar-refractivity contribution in [1.29, 1.82) is 0 Å². The van der Waals surface area contributed by atoms with Crippen molar-refractivity contribution in [2.75, 3.05) is 7.11 Å². The number of hydrogen-bond donors (Lipinski definition) is 0. The summed E-state index contributed by atoms with van der Waals surface area (Å²) < 4.78 is 76.7. The number of ether oxygens (including phenoxy) is 2. The van der Waals surface area contributed by atoms with Gasteiger partial charge in [0.25, 0.3) is 5.66 Å². The Kier molecular flexibility index (Phi) is 5.57. The molecule has 0 aliphatic carbocycles. The number of rotatable bonds is 5. The van der Waals surface area contributed by atoms with Crippen molar-refractivity contribution in [3.8, 4) is 11.5 Å². The zero-order valence-electron chi connectivity index (χ0n) is 13.5. The average Bonchev–Trinajstić information content (AvgIpc) is 2.51. The summed E-state index contributed by atoms with van der Waals surface area (Å²) >= 11 is 0. The Bertz CT molecular complexity index is 754. The Balaban J connectivity index is 2.33. The highest BCUT2D eigenvalue weighted by Crippen LogP contribution is 2.40. The van der Waals surface area contributed by atoms with Gasteiger partial charge in [-0.2, -0.15) is 22.0 Å². The van der Waals surface area contributed by atoms with Crippen LogP contribution in [0.5, 0.6) is 11.5 Å². The van der Waals surface area contributed by atoms with Crippen LogP contribution in [-0.4, -0.2) is 7.11 Å². The van der Waals surface area contributed by atoms with Crippen molar-refractivity contribution in [2.24, 2.45) is 0 Å². The van der Waals surface area contributed by atoms with Crippen molar-refractivity contribution >= 4 is 9.24 Å². The third-order valence-electron chi connectivity index (χ3n) is 3.50. The van der Waals surface area contributed by atoms with Gasteiger partial charge < -0.3 is 9.47 Å². The van der Waals surface area contributed by atoms with Crippen LogP contribution >= 0.6 is 9.24 Å². The molecule has 2 nitrogen and oxygen atoms in total. The molecular weight excluding hydrogens is 362 g/mol. The minimum absolute atomic E-state index is 0.242. The smallest absolute Gasteiger partial charge is 0.416 e. The van der Waals surface area contributed by atoms with E-state index >= 15 is 0 Å². The molecule has 0 aliphatic rings. The van der Waals surface area contributed by atoms with E-state index < -0.39 is 29.6 Å². The molecule has 0 fully saturated rings. The van der Waals surface area contributed by atoms with Crippen LogP contribution in [0, 0.1) is 6.92 Å².